The van der Waals surface area contributed by atoms with Crippen LogP contribution in [0.1, 0.15) is 30.4 Å². The molecule has 130 valence electrons. The Balaban J connectivity index is 1.65. The van der Waals surface area contributed by atoms with E-state index >= 15 is 0 Å². The molecule has 0 aliphatic carbocycles. The molecule has 1 atom stereocenters. The normalized spacial score (nSPS) is 15.6. The number of nitrogens with one attached hydrogen (secondary N) is 1. The maximum atomic E-state index is 12.4. The fraction of sp³-hybridized carbons (Fsp3) is 0.300. The van der Waals surface area contributed by atoms with Gasteiger partial charge in [0.25, 0.3) is 0 Å². The molecule has 1 unspecified atom stereocenters. The minimum absolute atomic E-state index is 0.00406. The standard InChI is InChI=1S/C20H22N2O3/c1-14(23)22-13-16(17-8-4-5-9-18(17)22)11-20(24)21-12-15-7-3-6-10-19(15)25-2/h3-10,16H,11-13H2,1-2H3,(H,21,24). The van der Waals surface area contributed by atoms with E-state index in [1.807, 2.05) is 48.5 Å². The average molecular weight is 338 g/mol. The summed E-state index contributed by atoms with van der Waals surface area (Å²) in [5, 5.41) is 2.95. The van der Waals surface area contributed by atoms with Crippen molar-refractivity contribution in [3.05, 3.63) is 59.7 Å². The first-order valence-electron chi connectivity index (χ1n) is 8.35. The van der Waals surface area contributed by atoms with Gasteiger partial charge in [-0.1, -0.05) is 36.4 Å². The van der Waals surface area contributed by atoms with Gasteiger partial charge in [-0.3, -0.25) is 9.59 Å². The smallest absolute Gasteiger partial charge is 0.223 e. The van der Waals surface area contributed by atoms with Crippen molar-refractivity contribution in [1.29, 1.82) is 0 Å². The zero-order valence-corrected chi connectivity index (χ0v) is 14.5. The summed E-state index contributed by atoms with van der Waals surface area (Å²) in [6.45, 7) is 2.53. The van der Waals surface area contributed by atoms with E-state index in [9.17, 15) is 9.59 Å². The van der Waals surface area contributed by atoms with Crippen molar-refractivity contribution in [3.63, 3.8) is 0 Å². The monoisotopic (exact) mass is 338 g/mol. The van der Waals surface area contributed by atoms with Gasteiger partial charge in [0.1, 0.15) is 5.75 Å². The highest BCUT2D eigenvalue weighted by Gasteiger charge is 2.31. The minimum Gasteiger partial charge on any atom is -0.496 e. The molecule has 1 heterocycles. The molecule has 5 nitrogen and oxygen atoms in total. The van der Waals surface area contributed by atoms with Crippen LogP contribution in [0, 0.1) is 0 Å². The lowest BCUT2D eigenvalue weighted by Gasteiger charge is -2.15. The Hall–Kier alpha value is -2.82. The van der Waals surface area contributed by atoms with E-state index in [2.05, 4.69) is 5.32 Å². The van der Waals surface area contributed by atoms with Gasteiger partial charge in [-0.25, -0.2) is 0 Å². The third kappa shape index (κ3) is 3.65. The molecule has 0 saturated heterocycles. The first-order valence-corrected chi connectivity index (χ1v) is 8.35. The van der Waals surface area contributed by atoms with Crippen molar-refractivity contribution in [3.8, 4) is 5.75 Å². The van der Waals surface area contributed by atoms with Crippen LogP contribution in [0.4, 0.5) is 5.69 Å². The van der Waals surface area contributed by atoms with Crippen LogP contribution in [-0.2, 0) is 16.1 Å². The summed E-state index contributed by atoms with van der Waals surface area (Å²) in [4.78, 5) is 26.0. The second-order valence-corrected chi connectivity index (χ2v) is 6.18. The lowest BCUT2D eigenvalue weighted by atomic mass is 9.97. The maximum Gasteiger partial charge on any atom is 0.223 e. The van der Waals surface area contributed by atoms with E-state index in [-0.39, 0.29) is 17.7 Å². The molecule has 5 heteroatoms. The number of amides is 2. The highest BCUT2D eigenvalue weighted by Crippen LogP contribution is 2.37. The van der Waals surface area contributed by atoms with E-state index < -0.39 is 0 Å². The van der Waals surface area contributed by atoms with E-state index in [0.717, 1.165) is 22.6 Å². The molecular formula is C20H22N2O3. The summed E-state index contributed by atoms with van der Waals surface area (Å²) in [6, 6.07) is 15.4. The number of benzene rings is 2. The highest BCUT2D eigenvalue weighted by molar-refractivity contribution is 5.94. The third-order valence-electron chi connectivity index (χ3n) is 4.55. The third-order valence-corrected chi connectivity index (χ3v) is 4.55. The van der Waals surface area contributed by atoms with Gasteiger partial charge >= 0.3 is 0 Å². The van der Waals surface area contributed by atoms with Crippen LogP contribution in [-0.4, -0.2) is 25.5 Å². The number of fused-ring (bicyclic) bond motifs is 1. The Morgan fingerprint density at radius 1 is 1.16 bits per heavy atom. The molecule has 0 fully saturated rings. The second-order valence-electron chi connectivity index (χ2n) is 6.18. The number of para-hydroxylation sites is 2. The first kappa shape index (κ1) is 17.0. The molecule has 0 aromatic heterocycles. The fourth-order valence-electron chi connectivity index (χ4n) is 3.31. The minimum atomic E-state index is -0.0314. The van der Waals surface area contributed by atoms with Crippen molar-refractivity contribution >= 4 is 17.5 Å². The van der Waals surface area contributed by atoms with E-state index in [1.165, 1.54) is 0 Å². The second kappa shape index (κ2) is 7.38. The zero-order chi connectivity index (χ0) is 17.8. The lowest BCUT2D eigenvalue weighted by molar-refractivity contribution is -0.122. The number of anilines is 1. The first-order chi connectivity index (χ1) is 12.1. The van der Waals surface area contributed by atoms with Crippen LogP contribution in [0.2, 0.25) is 0 Å². The summed E-state index contributed by atoms with van der Waals surface area (Å²) in [5.74, 6) is 0.759. The van der Waals surface area contributed by atoms with Crippen LogP contribution in [0.15, 0.2) is 48.5 Å². The molecule has 0 radical (unpaired) electrons. The molecular weight excluding hydrogens is 316 g/mol. The van der Waals surface area contributed by atoms with Gasteiger partial charge in [0.15, 0.2) is 0 Å². The van der Waals surface area contributed by atoms with Crippen LogP contribution in [0.25, 0.3) is 0 Å². The van der Waals surface area contributed by atoms with Gasteiger partial charge in [-0.15, -0.1) is 0 Å². The van der Waals surface area contributed by atoms with Gasteiger partial charge in [0.2, 0.25) is 11.8 Å². The Kier molecular flexibility index (Phi) is 5.03. The largest absolute Gasteiger partial charge is 0.496 e. The van der Waals surface area contributed by atoms with E-state index in [1.54, 1.807) is 18.9 Å². The molecule has 2 aromatic carbocycles. The molecule has 3 rings (SSSR count). The molecule has 2 aromatic rings. The van der Waals surface area contributed by atoms with Gasteiger partial charge in [0, 0.05) is 43.6 Å². The number of carbonyl (C=O) groups excluding carboxylic acids is 2. The van der Waals surface area contributed by atoms with Crippen molar-refractivity contribution in [2.45, 2.75) is 25.8 Å². The topological polar surface area (TPSA) is 58.6 Å². The van der Waals surface area contributed by atoms with Gasteiger partial charge in [-0.2, -0.15) is 0 Å². The van der Waals surface area contributed by atoms with Crippen LogP contribution in [0.3, 0.4) is 0 Å². The van der Waals surface area contributed by atoms with Crippen molar-refractivity contribution in [2.75, 3.05) is 18.6 Å². The highest BCUT2D eigenvalue weighted by atomic mass is 16.5. The number of methoxy groups -OCH3 is 1. The predicted molar refractivity (Wildman–Crippen MR) is 96.7 cm³/mol. The number of rotatable bonds is 5. The molecule has 1 N–H and O–H groups in total. The quantitative estimate of drug-likeness (QED) is 0.912. The summed E-state index contributed by atoms with van der Waals surface area (Å²) in [6.07, 6.45) is 0.357. The molecule has 0 saturated carbocycles. The molecule has 25 heavy (non-hydrogen) atoms. The SMILES string of the molecule is COc1ccccc1CNC(=O)CC1CN(C(C)=O)c2ccccc21. The number of nitrogens with zero attached hydrogens (tertiary/aromatic N) is 1. The fourth-order valence-corrected chi connectivity index (χ4v) is 3.31. The zero-order valence-electron chi connectivity index (χ0n) is 14.5. The van der Waals surface area contributed by atoms with Gasteiger partial charge in [0.05, 0.1) is 7.11 Å². The van der Waals surface area contributed by atoms with Crippen molar-refractivity contribution < 1.29 is 14.3 Å². The van der Waals surface area contributed by atoms with E-state index in [0.29, 0.717) is 19.5 Å². The predicted octanol–water partition coefficient (Wildman–Crippen LogP) is 2.85. The Labute approximate surface area is 147 Å². The Morgan fingerprint density at radius 3 is 2.64 bits per heavy atom. The van der Waals surface area contributed by atoms with Crippen molar-refractivity contribution in [1.82, 2.24) is 5.32 Å². The molecule has 2 amide bonds. The maximum absolute atomic E-state index is 12.4. The van der Waals surface area contributed by atoms with Crippen molar-refractivity contribution in [2.24, 2.45) is 0 Å². The van der Waals surface area contributed by atoms with Gasteiger partial charge < -0.3 is 15.0 Å². The number of ether oxygens (including phenoxy) is 1. The van der Waals surface area contributed by atoms with Crippen LogP contribution < -0.4 is 15.0 Å². The summed E-state index contributed by atoms with van der Waals surface area (Å²) < 4.78 is 5.30. The molecule has 0 bridgehead atoms. The van der Waals surface area contributed by atoms with E-state index in [4.69, 9.17) is 4.74 Å². The average Bonchev–Trinajstić information content (AvgIpc) is 2.99. The Morgan fingerprint density at radius 2 is 1.88 bits per heavy atom. The summed E-state index contributed by atoms with van der Waals surface area (Å²) in [7, 11) is 1.62. The summed E-state index contributed by atoms with van der Waals surface area (Å²) in [5.41, 5.74) is 2.92. The number of hydrogen-bond acceptors (Lipinski definition) is 3. The molecule has 1 aliphatic rings. The van der Waals surface area contributed by atoms with Gasteiger partial charge in [-0.05, 0) is 17.7 Å². The van der Waals surface area contributed by atoms with Crippen LogP contribution >= 0.6 is 0 Å². The van der Waals surface area contributed by atoms with Crippen LogP contribution in [0.5, 0.6) is 5.75 Å². The Bertz CT molecular complexity index is 788. The number of hydrogen-bond donors (Lipinski definition) is 1. The summed E-state index contributed by atoms with van der Waals surface area (Å²) >= 11 is 0. The lowest BCUT2D eigenvalue weighted by Crippen LogP contribution is -2.29. The number of carbonyl (C=O) groups is 2. The molecule has 1 aliphatic heterocycles. The molecule has 0 spiro atoms.